The molecule has 0 fully saturated rings. The second-order valence-electron chi connectivity index (χ2n) is 5.73. The van der Waals surface area contributed by atoms with Gasteiger partial charge in [-0.05, 0) is 30.3 Å². The van der Waals surface area contributed by atoms with E-state index in [2.05, 4.69) is 31.2 Å². The molecular weight excluding hydrogens is 248 g/mol. The molecule has 2 rings (SSSR count). The summed E-state index contributed by atoms with van der Waals surface area (Å²) in [5.74, 6) is 0.450. The van der Waals surface area contributed by atoms with Gasteiger partial charge in [-0.2, -0.15) is 15.8 Å². The quantitative estimate of drug-likeness (QED) is 0.789. The molecule has 0 aromatic rings. The standard InChI is InChI=1S/C16H18N4/c1-3-11-4-5-12-13(6-11)10(2)16(8-18,9-19)15(20)14(12)7-17/h5,10-11,13H,3-4,6,20H2,1-2H3/t10-,11+,13-/m0/s1. The van der Waals surface area contributed by atoms with E-state index in [9.17, 15) is 15.8 Å². The number of hydrogen-bond acceptors (Lipinski definition) is 4. The normalized spacial score (nSPS) is 31.4. The molecule has 2 aliphatic rings. The zero-order chi connectivity index (χ0) is 14.9. The van der Waals surface area contributed by atoms with E-state index in [1.807, 2.05) is 6.92 Å². The smallest absolute Gasteiger partial charge is 0.187 e. The molecule has 0 radical (unpaired) electrons. The first kappa shape index (κ1) is 14.2. The highest BCUT2D eigenvalue weighted by Gasteiger charge is 2.51. The minimum atomic E-state index is -1.37. The van der Waals surface area contributed by atoms with Crippen molar-refractivity contribution in [1.29, 1.82) is 15.8 Å². The minimum absolute atomic E-state index is 0.0787. The molecule has 4 heteroatoms. The van der Waals surface area contributed by atoms with Crippen LogP contribution in [0.1, 0.15) is 33.1 Å². The zero-order valence-electron chi connectivity index (χ0n) is 11.8. The maximum atomic E-state index is 9.49. The van der Waals surface area contributed by atoms with Crippen LogP contribution in [0.15, 0.2) is 22.9 Å². The van der Waals surface area contributed by atoms with Gasteiger partial charge in [0.05, 0.1) is 23.4 Å². The van der Waals surface area contributed by atoms with Crippen molar-refractivity contribution in [1.82, 2.24) is 0 Å². The Hall–Kier alpha value is -2.25. The fourth-order valence-electron chi connectivity index (χ4n) is 3.50. The fourth-order valence-corrected chi connectivity index (χ4v) is 3.50. The van der Waals surface area contributed by atoms with Gasteiger partial charge in [-0.1, -0.05) is 26.3 Å². The Morgan fingerprint density at radius 3 is 2.50 bits per heavy atom. The summed E-state index contributed by atoms with van der Waals surface area (Å²) in [7, 11) is 0. The number of nitrogens with two attached hydrogens (primary N) is 1. The third kappa shape index (κ3) is 1.71. The molecule has 102 valence electrons. The van der Waals surface area contributed by atoms with Crippen molar-refractivity contribution in [2.45, 2.75) is 33.1 Å². The highest BCUT2D eigenvalue weighted by Crippen LogP contribution is 2.51. The molecule has 3 atom stereocenters. The van der Waals surface area contributed by atoms with Gasteiger partial charge in [-0.3, -0.25) is 0 Å². The number of hydrogen-bond donors (Lipinski definition) is 1. The lowest BCUT2D eigenvalue weighted by molar-refractivity contribution is 0.224. The fraction of sp³-hybridized carbons (Fsp3) is 0.562. The third-order valence-electron chi connectivity index (χ3n) is 4.97. The second kappa shape index (κ2) is 5.03. The Kier molecular flexibility index (Phi) is 3.56. The van der Waals surface area contributed by atoms with E-state index in [0.717, 1.165) is 24.8 Å². The van der Waals surface area contributed by atoms with Crippen LogP contribution >= 0.6 is 0 Å². The first-order valence-corrected chi connectivity index (χ1v) is 6.98. The van der Waals surface area contributed by atoms with Crippen LogP contribution in [0.3, 0.4) is 0 Å². The maximum absolute atomic E-state index is 9.49. The van der Waals surface area contributed by atoms with Gasteiger partial charge >= 0.3 is 0 Å². The Morgan fingerprint density at radius 2 is 2.00 bits per heavy atom. The van der Waals surface area contributed by atoms with Crippen LogP contribution < -0.4 is 5.73 Å². The highest BCUT2D eigenvalue weighted by atomic mass is 14.7. The summed E-state index contributed by atoms with van der Waals surface area (Å²) in [5.41, 5.74) is 6.09. The van der Waals surface area contributed by atoms with Crippen LogP contribution in [0, 0.1) is 57.2 Å². The van der Waals surface area contributed by atoms with Gasteiger partial charge in [0, 0.05) is 5.92 Å². The average molecular weight is 266 g/mol. The number of nitriles is 3. The summed E-state index contributed by atoms with van der Waals surface area (Å²) >= 11 is 0. The van der Waals surface area contributed by atoms with Crippen LogP contribution in [-0.4, -0.2) is 0 Å². The van der Waals surface area contributed by atoms with Crippen LogP contribution in [0.5, 0.6) is 0 Å². The molecular formula is C16H18N4. The van der Waals surface area contributed by atoms with Crippen LogP contribution in [0.2, 0.25) is 0 Å². The number of allylic oxidation sites excluding steroid dienone is 4. The van der Waals surface area contributed by atoms with E-state index in [0.29, 0.717) is 11.5 Å². The van der Waals surface area contributed by atoms with E-state index in [1.165, 1.54) is 0 Å². The van der Waals surface area contributed by atoms with E-state index >= 15 is 0 Å². The summed E-state index contributed by atoms with van der Waals surface area (Å²) in [6.07, 6.45) is 5.02. The summed E-state index contributed by atoms with van der Waals surface area (Å²) in [6, 6.07) is 6.26. The predicted molar refractivity (Wildman–Crippen MR) is 74.2 cm³/mol. The monoisotopic (exact) mass is 266 g/mol. The molecule has 0 saturated carbocycles. The van der Waals surface area contributed by atoms with Crippen molar-refractivity contribution < 1.29 is 0 Å². The summed E-state index contributed by atoms with van der Waals surface area (Å²) < 4.78 is 0. The van der Waals surface area contributed by atoms with Gasteiger partial charge in [0.25, 0.3) is 0 Å². The van der Waals surface area contributed by atoms with E-state index in [1.54, 1.807) is 0 Å². The molecule has 2 N–H and O–H groups in total. The maximum Gasteiger partial charge on any atom is 0.187 e. The summed E-state index contributed by atoms with van der Waals surface area (Å²) in [5, 5.41) is 28.4. The number of rotatable bonds is 1. The lowest BCUT2D eigenvalue weighted by Crippen LogP contribution is -2.43. The highest BCUT2D eigenvalue weighted by molar-refractivity contribution is 5.56. The molecule has 0 aromatic carbocycles. The first-order chi connectivity index (χ1) is 9.55. The van der Waals surface area contributed by atoms with Crippen molar-refractivity contribution in [3.05, 3.63) is 22.9 Å². The van der Waals surface area contributed by atoms with Crippen molar-refractivity contribution in [2.24, 2.45) is 28.9 Å². The Morgan fingerprint density at radius 1 is 1.35 bits per heavy atom. The zero-order valence-corrected chi connectivity index (χ0v) is 11.8. The van der Waals surface area contributed by atoms with Gasteiger partial charge < -0.3 is 5.73 Å². The van der Waals surface area contributed by atoms with Gasteiger partial charge in [0.1, 0.15) is 6.07 Å². The van der Waals surface area contributed by atoms with Crippen LogP contribution in [-0.2, 0) is 0 Å². The molecule has 0 aromatic heterocycles. The second-order valence-corrected chi connectivity index (χ2v) is 5.73. The van der Waals surface area contributed by atoms with E-state index in [-0.39, 0.29) is 17.5 Å². The SMILES string of the molecule is CC[C@@H]1CC=C2C(C#N)=C(N)C(C#N)(C#N)[C@@H](C)[C@@H]2C1. The molecule has 0 saturated heterocycles. The predicted octanol–water partition coefficient (Wildman–Crippen LogP) is 2.77. The minimum Gasteiger partial charge on any atom is -0.399 e. The van der Waals surface area contributed by atoms with Gasteiger partial charge in [-0.15, -0.1) is 0 Å². The molecule has 0 spiro atoms. The van der Waals surface area contributed by atoms with Crippen LogP contribution in [0.25, 0.3) is 0 Å². The van der Waals surface area contributed by atoms with Gasteiger partial charge in [0.15, 0.2) is 5.41 Å². The van der Waals surface area contributed by atoms with E-state index in [4.69, 9.17) is 5.73 Å². The van der Waals surface area contributed by atoms with Gasteiger partial charge in [-0.25, -0.2) is 0 Å². The Balaban J connectivity index is 2.65. The van der Waals surface area contributed by atoms with Crippen molar-refractivity contribution in [3.8, 4) is 18.2 Å². The van der Waals surface area contributed by atoms with Crippen LogP contribution in [0.4, 0.5) is 0 Å². The number of fused-ring (bicyclic) bond motifs is 1. The molecule has 20 heavy (non-hydrogen) atoms. The Bertz CT molecular complexity index is 592. The lowest BCUT2D eigenvalue weighted by atomic mass is 9.58. The molecule has 0 bridgehead atoms. The van der Waals surface area contributed by atoms with Crippen molar-refractivity contribution in [2.75, 3.05) is 0 Å². The molecule has 0 heterocycles. The van der Waals surface area contributed by atoms with Crippen molar-refractivity contribution in [3.63, 3.8) is 0 Å². The third-order valence-corrected chi connectivity index (χ3v) is 4.97. The molecule has 0 unspecified atom stereocenters. The van der Waals surface area contributed by atoms with Crippen molar-refractivity contribution >= 4 is 0 Å². The topological polar surface area (TPSA) is 97.4 Å². The molecule has 0 amide bonds. The molecule has 0 aliphatic heterocycles. The summed E-state index contributed by atoms with van der Waals surface area (Å²) in [4.78, 5) is 0. The first-order valence-electron chi connectivity index (χ1n) is 6.98. The largest absolute Gasteiger partial charge is 0.399 e. The average Bonchev–Trinajstić information content (AvgIpc) is 2.49. The molecule has 2 aliphatic carbocycles. The summed E-state index contributed by atoms with van der Waals surface area (Å²) in [6.45, 7) is 4.05. The van der Waals surface area contributed by atoms with E-state index < -0.39 is 5.41 Å². The lowest BCUT2D eigenvalue weighted by Gasteiger charge is -2.43. The molecule has 4 nitrogen and oxygen atoms in total. The van der Waals surface area contributed by atoms with Gasteiger partial charge in [0.2, 0.25) is 0 Å². The Labute approximate surface area is 119 Å². The number of nitrogens with zero attached hydrogens (tertiary/aromatic N) is 3.